The van der Waals surface area contributed by atoms with Crippen molar-refractivity contribution in [3.63, 3.8) is 0 Å². The van der Waals surface area contributed by atoms with Crippen LogP contribution in [0, 0.1) is 0 Å². The Bertz CT molecular complexity index is 654. The second-order valence-electron chi connectivity index (χ2n) is 4.35. The predicted molar refractivity (Wildman–Crippen MR) is 79.0 cm³/mol. The first-order valence-electron chi connectivity index (χ1n) is 6.31. The summed E-state index contributed by atoms with van der Waals surface area (Å²) in [6.07, 6.45) is -0.0694. The van der Waals surface area contributed by atoms with Gasteiger partial charge in [0, 0.05) is 18.5 Å². The van der Waals surface area contributed by atoms with E-state index < -0.39 is 5.97 Å². The van der Waals surface area contributed by atoms with Crippen LogP contribution in [0.2, 0.25) is 0 Å². The van der Waals surface area contributed by atoms with Crippen LogP contribution < -0.4 is 11.1 Å². The van der Waals surface area contributed by atoms with Crippen LogP contribution in [0.4, 0.5) is 0 Å². The number of hydrogen-bond acceptors (Lipinski definition) is 5. The molecule has 1 heterocycles. The van der Waals surface area contributed by atoms with Crippen LogP contribution in [-0.4, -0.2) is 22.0 Å². The summed E-state index contributed by atoms with van der Waals surface area (Å²) < 4.78 is 0. The van der Waals surface area contributed by atoms with Gasteiger partial charge in [0.05, 0.1) is 6.42 Å². The number of aromatic nitrogens is 1. The fourth-order valence-corrected chi connectivity index (χ4v) is 2.50. The van der Waals surface area contributed by atoms with Crippen LogP contribution in [0.5, 0.6) is 0 Å². The Kier molecular flexibility index (Phi) is 5.02. The van der Waals surface area contributed by atoms with Crippen molar-refractivity contribution in [3.05, 3.63) is 51.5 Å². The highest BCUT2D eigenvalue weighted by Gasteiger charge is 2.11. The van der Waals surface area contributed by atoms with Crippen molar-refractivity contribution in [2.75, 3.05) is 0 Å². The lowest BCUT2D eigenvalue weighted by atomic mass is 10.0. The molecule has 0 fully saturated rings. The highest BCUT2D eigenvalue weighted by atomic mass is 32.1. The van der Waals surface area contributed by atoms with Gasteiger partial charge >= 0.3 is 5.97 Å². The molecule has 2 rings (SSSR count). The molecule has 1 aromatic carbocycles. The summed E-state index contributed by atoms with van der Waals surface area (Å²) in [6.45, 7) is 0.567. The number of nitrogens with two attached hydrogens (primary N) is 1. The van der Waals surface area contributed by atoms with Crippen molar-refractivity contribution >= 4 is 23.2 Å². The van der Waals surface area contributed by atoms with Crippen molar-refractivity contribution in [2.24, 2.45) is 5.73 Å². The zero-order valence-electron chi connectivity index (χ0n) is 11.2. The third-order valence-corrected chi connectivity index (χ3v) is 3.73. The summed E-state index contributed by atoms with van der Waals surface area (Å²) in [7, 11) is 0. The number of benzene rings is 1. The molecule has 0 radical (unpaired) electrons. The maximum atomic E-state index is 12.0. The third kappa shape index (κ3) is 4.11. The Morgan fingerprint density at radius 3 is 2.62 bits per heavy atom. The number of aliphatic carboxylic acids is 1. The summed E-state index contributed by atoms with van der Waals surface area (Å²) in [5.41, 5.74) is 7.25. The first kappa shape index (κ1) is 15.1. The number of carboxylic acid groups (broad SMARTS) is 1. The minimum atomic E-state index is -0.902. The molecule has 0 aliphatic rings. The van der Waals surface area contributed by atoms with E-state index in [9.17, 15) is 9.59 Å². The quantitative estimate of drug-likeness (QED) is 0.742. The summed E-state index contributed by atoms with van der Waals surface area (Å²) in [5, 5.41) is 14.0. The number of thiazole rings is 1. The highest BCUT2D eigenvalue weighted by molar-refractivity contribution is 7.09. The van der Waals surface area contributed by atoms with Crippen molar-refractivity contribution in [1.82, 2.24) is 10.3 Å². The van der Waals surface area contributed by atoms with E-state index in [0.717, 1.165) is 5.56 Å². The molecule has 6 nitrogen and oxygen atoms in total. The standard InChI is InChI=1S/C14H15N3O3S/c15-6-12-17-11(8-21-12)14(20)16-7-10-4-2-1-3-9(10)5-13(18)19/h1-4,8H,5-7,15H2,(H,16,20)(H,18,19). The van der Waals surface area contributed by atoms with Crippen LogP contribution in [0.1, 0.15) is 26.6 Å². The van der Waals surface area contributed by atoms with Crippen LogP contribution in [0.15, 0.2) is 29.6 Å². The van der Waals surface area contributed by atoms with Gasteiger partial charge in [0.1, 0.15) is 10.7 Å². The van der Waals surface area contributed by atoms with Gasteiger partial charge in [-0.2, -0.15) is 0 Å². The lowest BCUT2D eigenvalue weighted by Gasteiger charge is -2.08. The fraction of sp³-hybridized carbons (Fsp3) is 0.214. The molecular formula is C14H15N3O3S. The monoisotopic (exact) mass is 305 g/mol. The summed E-state index contributed by atoms with van der Waals surface area (Å²) >= 11 is 1.34. The summed E-state index contributed by atoms with van der Waals surface area (Å²) in [6, 6.07) is 7.12. The smallest absolute Gasteiger partial charge is 0.307 e. The average molecular weight is 305 g/mol. The Hall–Kier alpha value is -2.25. The van der Waals surface area contributed by atoms with E-state index in [2.05, 4.69) is 10.3 Å². The van der Waals surface area contributed by atoms with E-state index in [4.69, 9.17) is 10.8 Å². The number of carboxylic acids is 1. The van der Waals surface area contributed by atoms with Gasteiger partial charge in [-0.1, -0.05) is 24.3 Å². The molecule has 0 aliphatic carbocycles. The fourth-order valence-electron chi connectivity index (χ4n) is 1.84. The second-order valence-corrected chi connectivity index (χ2v) is 5.30. The van der Waals surface area contributed by atoms with Gasteiger partial charge in [-0.15, -0.1) is 11.3 Å². The van der Waals surface area contributed by atoms with Crippen molar-refractivity contribution in [1.29, 1.82) is 0 Å². The molecule has 1 aromatic heterocycles. The first-order valence-corrected chi connectivity index (χ1v) is 7.19. The van der Waals surface area contributed by atoms with Crippen LogP contribution >= 0.6 is 11.3 Å². The molecule has 0 unspecified atom stereocenters. The molecule has 110 valence electrons. The Labute approximate surface area is 125 Å². The third-order valence-electron chi connectivity index (χ3n) is 2.86. The SMILES string of the molecule is NCc1nc(C(=O)NCc2ccccc2CC(=O)O)cs1. The van der Waals surface area contributed by atoms with E-state index >= 15 is 0 Å². The van der Waals surface area contributed by atoms with Gasteiger partial charge in [-0.3, -0.25) is 9.59 Å². The summed E-state index contributed by atoms with van der Waals surface area (Å²) in [5.74, 6) is -1.20. The number of carbonyl (C=O) groups is 2. The van der Waals surface area contributed by atoms with Crippen LogP contribution in [-0.2, 0) is 24.3 Å². The second kappa shape index (κ2) is 6.96. The topological polar surface area (TPSA) is 105 Å². The minimum Gasteiger partial charge on any atom is -0.481 e. The van der Waals surface area contributed by atoms with E-state index in [1.165, 1.54) is 11.3 Å². The molecule has 0 aliphatic heterocycles. The lowest BCUT2D eigenvalue weighted by molar-refractivity contribution is -0.136. The van der Waals surface area contributed by atoms with Crippen molar-refractivity contribution < 1.29 is 14.7 Å². The molecule has 4 N–H and O–H groups in total. The number of nitrogens with zero attached hydrogens (tertiary/aromatic N) is 1. The molecule has 21 heavy (non-hydrogen) atoms. The van der Waals surface area contributed by atoms with E-state index in [-0.39, 0.29) is 18.9 Å². The average Bonchev–Trinajstić information content (AvgIpc) is 2.94. The zero-order chi connectivity index (χ0) is 15.2. The van der Waals surface area contributed by atoms with E-state index in [1.807, 2.05) is 6.07 Å². The van der Waals surface area contributed by atoms with Gasteiger partial charge in [0.2, 0.25) is 0 Å². The molecule has 7 heteroatoms. The molecule has 0 saturated heterocycles. The molecule has 0 atom stereocenters. The van der Waals surface area contributed by atoms with Crippen LogP contribution in [0.25, 0.3) is 0 Å². The zero-order valence-corrected chi connectivity index (χ0v) is 12.0. The maximum Gasteiger partial charge on any atom is 0.307 e. The normalized spacial score (nSPS) is 10.3. The highest BCUT2D eigenvalue weighted by Crippen LogP contribution is 2.11. The maximum absolute atomic E-state index is 12.0. The van der Waals surface area contributed by atoms with Crippen molar-refractivity contribution in [2.45, 2.75) is 19.5 Å². The van der Waals surface area contributed by atoms with Gasteiger partial charge in [0.25, 0.3) is 5.91 Å². The Morgan fingerprint density at radius 2 is 2.00 bits per heavy atom. The molecule has 0 bridgehead atoms. The number of carbonyl (C=O) groups excluding carboxylic acids is 1. The molecule has 2 aromatic rings. The van der Waals surface area contributed by atoms with Crippen molar-refractivity contribution in [3.8, 4) is 0 Å². The van der Waals surface area contributed by atoms with Gasteiger partial charge < -0.3 is 16.2 Å². The molecule has 0 spiro atoms. The minimum absolute atomic E-state index is 0.0694. The largest absolute Gasteiger partial charge is 0.481 e. The predicted octanol–water partition coefficient (Wildman–Crippen LogP) is 1.16. The number of hydrogen-bond donors (Lipinski definition) is 3. The number of rotatable bonds is 6. The Morgan fingerprint density at radius 1 is 1.29 bits per heavy atom. The van der Waals surface area contributed by atoms with E-state index in [1.54, 1.807) is 23.6 Å². The lowest BCUT2D eigenvalue weighted by Crippen LogP contribution is -2.24. The molecule has 1 amide bonds. The Balaban J connectivity index is 2.02. The molecule has 0 saturated carbocycles. The van der Waals surface area contributed by atoms with Gasteiger partial charge in [0.15, 0.2) is 0 Å². The number of amides is 1. The molecular weight excluding hydrogens is 290 g/mol. The summed E-state index contributed by atoms with van der Waals surface area (Å²) in [4.78, 5) is 26.9. The van der Waals surface area contributed by atoms with E-state index in [0.29, 0.717) is 22.8 Å². The van der Waals surface area contributed by atoms with Gasteiger partial charge in [-0.25, -0.2) is 4.98 Å². The number of nitrogens with one attached hydrogen (secondary N) is 1. The van der Waals surface area contributed by atoms with Crippen LogP contribution in [0.3, 0.4) is 0 Å². The first-order chi connectivity index (χ1) is 10.1. The van der Waals surface area contributed by atoms with Gasteiger partial charge in [-0.05, 0) is 11.1 Å².